The van der Waals surface area contributed by atoms with E-state index in [0.29, 0.717) is 41.2 Å². The zero-order chi connectivity index (χ0) is 22.1. The normalized spacial score (nSPS) is 14.0. The van der Waals surface area contributed by atoms with Crippen molar-refractivity contribution in [2.24, 2.45) is 0 Å². The molecule has 0 unspecified atom stereocenters. The Hall–Kier alpha value is -3.49. The first-order valence-electron chi connectivity index (χ1n) is 10.1. The minimum atomic E-state index is -0.437. The summed E-state index contributed by atoms with van der Waals surface area (Å²) < 4.78 is 18.9. The fourth-order valence-corrected chi connectivity index (χ4v) is 3.99. The Morgan fingerprint density at radius 1 is 1.09 bits per heavy atom. The molecule has 0 radical (unpaired) electrons. The molecule has 2 N–H and O–H groups in total. The maximum Gasteiger partial charge on any atom is 0.262 e. The molecule has 1 aliphatic rings. The second kappa shape index (κ2) is 8.57. The minimum Gasteiger partial charge on any atom is -0.378 e. The molecule has 9 heteroatoms. The number of pyridine rings is 1. The van der Waals surface area contributed by atoms with Crippen molar-refractivity contribution in [3.8, 4) is 11.3 Å². The molecular weight excluding hydrogens is 433 g/mol. The second-order valence-corrected chi connectivity index (χ2v) is 7.78. The van der Waals surface area contributed by atoms with Crippen LogP contribution in [0.1, 0.15) is 0 Å². The van der Waals surface area contributed by atoms with Gasteiger partial charge in [-0.25, -0.2) is 14.4 Å². The quantitative estimate of drug-likeness (QED) is 0.479. The number of benzene rings is 2. The van der Waals surface area contributed by atoms with E-state index >= 15 is 0 Å². The largest absolute Gasteiger partial charge is 0.378 e. The molecule has 4 aromatic rings. The maximum absolute atomic E-state index is 13.5. The molecule has 0 saturated carbocycles. The molecule has 1 fully saturated rings. The number of nitrogens with one attached hydrogen (secondary N) is 2. The van der Waals surface area contributed by atoms with Gasteiger partial charge in [0, 0.05) is 30.0 Å². The average Bonchev–Trinajstić information content (AvgIpc) is 2.80. The Morgan fingerprint density at radius 3 is 2.62 bits per heavy atom. The second-order valence-electron chi connectivity index (χ2n) is 7.38. The smallest absolute Gasteiger partial charge is 0.262 e. The molecule has 1 saturated heterocycles. The molecule has 5 rings (SSSR count). The summed E-state index contributed by atoms with van der Waals surface area (Å²) >= 11 is 6.25. The molecule has 3 heterocycles. The predicted octanol–water partition coefficient (Wildman–Crippen LogP) is 4.36. The highest BCUT2D eigenvalue weighted by Gasteiger charge is 2.15. The van der Waals surface area contributed by atoms with Crippen molar-refractivity contribution in [1.29, 1.82) is 0 Å². The van der Waals surface area contributed by atoms with Gasteiger partial charge in [-0.3, -0.25) is 4.79 Å². The van der Waals surface area contributed by atoms with Crippen LogP contribution in [-0.2, 0) is 4.74 Å². The first-order chi connectivity index (χ1) is 15.6. The van der Waals surface area contributed by atoms with E-state index in [1.165, 1.54) is 18.5 Å². The van der Waals surface area contributed by atoms with Gasteiger partial charge in [0.1, 0.15) is 17.0 Å². The van der Waals surface area contributed by atoms with Crippen LogP contribution >= 0.6 is 11.6 Å². The standard InChI is InChI=1S/C23H19ClFN5O2/c24-18-11-14(25)1-6-17(18)19-12-20-21(23(31)27-13-26-20)22(29-19)28-15-2-4-16(5-3-15)30-7-9-32-10-8-30/h1-6,11-13H,7-10H2,(H,28,29)(H,26,27,31). The monoisotopic (exact) mass is 451 g/mol. The van der Waals surface area contributed by atoms with Crippen molar-refractivity contribution in [3.63, 3.8) is 0 Å². The minimum absolute atomic E-state index is 0.225. The van der Waals surface area contributed by atoms with Gasteiger partial charge in [-0.05, 0) is 48.5 Å². The highest BCUT2D eigenvalue weighted by atomic mass is 35.5. The van der Waals surface area contributed by atoms with Crippen LogP contribution in [0.2, 0.25) is 5.02 Å². The third-order valence-corrected chi connectivity index (χ3v) is 5.65. The number of nitrogens with zero attached hydrogens (tertiary/aromatic N) is 3. The first kappa shape index (κ1) is 20.4. The third kappa shape index (κ3) is 4.02. The van der Waals surface area contributed by atoms with Crippen molar-refractivity contribution in [3.05, 3.63) is 76.1 Å². The highest BCUT2D eigenvalue weighted by Crippen LogP contribution is 2.32. The van der Waals surface area contributed by atoms with Crippen LogP contribution < -0.4 is 15.8 Å². The Balaban J connectivity index is 1.54. The molecule has 162 valence electrons. The molecule has 1 aliphatic heterocycles. The Morgan fingerprint density at radius 2 is 1.88 bits per heavy atom. The van der Waals surface area contributed by atoms with E-state index in [2.05, 4.69) is 25.2 Å². The van der Waals surface area contributed by atoms with E-state index in [9.17, 15) is 9.18 Å². The van der Waals surface area contributed by atoms with E-state index in [0.717, 1.165) is 24.5 Å². The Kier molecular flexibility index (Phi) is 5.46. The zero-order valence-corrected chi connectivity index (χ0v) is 17.7. The molecule has 0 bridgehead atoms. The summed E-state index contributed by atoms with van der Waals surface area (Å²) in [6, 6.07) is 13.6. The van der Waals surface area contributed by atoms with Crippen LogP contribution in [0, 0.1) is 5.82 Å². The fraction of sp³-hybridized carbons (Fsp3) is 0.174. The fourth-order valence-electron chi connectivity index (χ4n) is 3.73. The summed E-state index contributed by atoms with van der Waals surface area (Å²) in [5, 5.41) is 3.78. The van der Waals surface area contributed by atoms with Crippen LogP contribution in [0.3, 0.4) is 0 Å². The molecular formula is C23H19ClFN5O2. The highest BCUT2D eigenvalue weighted by molar-refractivity contribution is 6.33. The molecule has 2 aromatic carbocycles. The lowest BCUT2D eigenvalue weighted by Crippen LogP contribution is -2.36. The number of halogens is 2. The molecule has 0 atom stereocenters. The van der Waals surface area contributed by atoms with E-state index < -0.39 is 5.82 Å². The van der Waals surface area contributed by atoms with E-state index in [4.69, 9.17) is 16.3 Å². The van der Waals surface area contributed by atoms with Gasteiger partial charge in [-0.1, -0.05) is 11.6 Å². The number of hydrogen-bond donors (Lipinski definition) is 2. The van der Waals surface area contributed by atoms with Crippen LogP contribution in [0.15, 0.2) is 59.7 Å². The SMILES string of the molecule is O=c1[nH]cnc2cc(-c3ccc(F)cc3Cl)nc(Nc3ccc(N4CCOCC4)cc3)c12. The number of fused-ring (bicyclic) bond motifs is 1. The van der Waals surface area contributed by atoms with Crippen molar-refractivity contribution < 1.29 is 9.13 Å². The van der Waals surface area contributed by atoms with Gasteiger partial charge in [0.05, 0.1) is 35.8 Å². The van der Waals surface area contributed by atoms with E-state index in [1.54, 1.807) is 12.1 Å². The van der Waals surface area contributed by atoms with Crippen LogP contribution in [0.4, 0.5) is 21.6 Å². The summed E-state index contributed by atoms with van der Waals surface area (Å²) in [7, 11) is 0. The number of anilines is 3. The number of ether oxygens (including phenoxy) is 1. The number of morpholine rings is 1. The number of rotatable bonds is 4. The lowest BCUT2D eigenvalue weighted by Gasteiger charge is -2.28. The summed E-state index contributed by atoms with van der Waals surface area (Å²) in [6.45, 7) is 3.12. The zero-order valence-electron chi connectivity index (χ0n) is 16.9. The molecule has 2 aromatic heterocycles. The average molecular weight is 452 g/mol. The lowest BCUT2D eigenvalue weighted by atomic mass is 10.1. The maximum atomic E-state index is 13.5. The van der Waals surface area contributed by atoms with Gasteiger partial charge >= 0.3 is 0 Å². The Labute approximate surface area is 187 Å². The molecule has 0 spiro atoms. The number of aromatic nitrogens is 3. The molecule has 0 amide bonds. The third-order valence-electron chi connectivity index (χ3n) is 5.34. The van der Waals surface area contributed by atoms with Crippen LogP contribution in [0.25, 0.3) is 22.2 Å². The van der Waals surface area contributed by atoms with Crippen molar-refractivity contribution >= 4 is 39.7 Å². The summed E-state index contributed by atoms with van der Waals surface area (Å²) in [5.41, 5.74) is 3.03. The molecule has 32 heavy (non-hydrogen) atoms. The number of H-pyrrole nitrogens is 1. The van der Waals surface area contributed by atoms with E-state index in [-0.39, 0.29) is 10.6 Å². The summed E-state index contributed by atoms with van der Waals surface area (Å²) in [4.78, 5) is 26.3. The lowest BCUT2D eigenvalue weighted by molar-refractivity contribution is 0.122. The van der Waals surface area contributed by atoms with E-state index in [1.807, 2.05) is 24.3 Å². The topological polar surface area (TPSA) is 83.1 Å². The molecule has 7 nitrogen and oxygen atoms in total. The number of hydrogen-bond acceptors (Lipinski definition) is 6. The Bertz CT molecular complexity index is 1340. The van der Waals surface area contributed by atoms with Crippen LogP contribution in [0.5, 0.6) is 0 Å². The van der Waals surface area contributed by atoms with Gasteiger partial charge in [-0.15, -0.1) is 0 Å². The summed E-state index contributed by atoms with van der Waals surface area (Å²) in [5.74, 6) is -0.0980. The van der Waals surface area contributed by atoms with Gasteiger partial charge in [0.25, 0.3) is 5.56 Å². The predicted molar refractivity (Wildman–Crippen MR) is 123 cm³/mol. The van der Waals surface area contributed by atoms with Gasteiger partial charge in [0.2, 0.25) is 0 Å². The van der Waals surface area contributed by atoms with Crippen molar-refractivity contribution in [2.45, 2.75) is 0 Å². The molecule has 0 aliphatic carbocycles. The van der Waals surface area contributed by atoms with Crippen LogP contribution in [-0.4, -0.2) is 41.3 Å². The number of aromatic amines is 1. The summed E-state index contributed by atoms with van der Waals surface area (Å²) in [6.07, 6.45) is 1.33. The first-order valence-corrected chi connectivity index (χ1v) is 10.5. The van der Waals surface area contributed by atoms with Gasteiger partial charge in [-0.2, -0.15) is 0 Å². The van der Waals surface area contributed by atoms with Crippen molar-refractivity contribution in [2.75, 3.05) is 36.5 Å². The van der Waals surface area contributed by atoms with Gasteiger partial charge < -0.3 is 19.9 Å². The van der Waals surface area contributed by atoms with Crippen molar-refractivity contribution in [1.82, 2.24) is 15.0 Å². The van der Waals surface area contributed by atoms with Gasteiger partial charge in [0.15, 0.2) is 0 Å².